The summed E-state index contributed by atoms with van der Waals surface area (Å²) in [6.07, 6.45) is 1.74. The highest BCUT2D eigenvalue weighted by molar-refractivity contribution is 6.31. The molecule has 0 saturated carbocycles. The molecule has 0 heterocycles. The molecular weight excluding hydrogens is 463 g/mol. The van der Waals surface area contributed by atoms with Gasteiger partial charge in [0.2, 0.25) is 0 Å². The third-order valence-corrected chi connectivity index (χ3v) is 5.41. The monoisotopic (exact) mass is 494 g/mol. The molecule has 0 aliphatic rings. The summed E-state index contributed by atoms with van der Waals surface area (Å²) >= 11 is 6.00. The van der Waals surface area contributed by atoms with Crippen molar-refractivity contribution in [2.24, 2.45) is 0 Å². The zero-order chi connectivity index (χ0) is 23.6. The summed E-state index contributed by atoms with van der Waals surface area (Å²) in [7, 11) is 0. The van der Waals surface area contributed by atoms with Gasteiger partial charge in [-0.25, -0.2) is 4.79 Å². The van der Waals surface area contributed by atoms with Crippen LogP contribution in [0.4, 0.5) is 0 Å². The van der Waals surface area contributed by atoms with Crippen LogP contribution >= 0.6 is 24.0 Å². The van der Waals surface area contributed by atoms with Gasteiger partial charge in [0.05, 0.1) is 17.2 Å². The van der Waals surface area contributed by atoms with Crippen LogP contribution in [-0.4, -0.2) is 42.5 Å². The first kappa shape index (κ1) is 28.7. The molecule has 6 nitrogen and oxygen atoms in total. The van der Waals surface area contributed by atoms with Crippen molar-refractivity contribution in [2.45, 2.75) is 51.7 Å². The summed E-state index contributed by atoms with van der Waals surface area (Å²) in [5.74, 6) is 0.0708. The second-order valence-electron chi connectivity index (χ2n) is 8.19. The van der Waals surface area contributed by atoms with Crippen LogP contribution in [0, 0.1) is 11.3 Å². The maximum Gasteiger partial charge on any atom is 0.338 e. The summed E-state index contributed by atoms with van der Waals surface area (Å²) in [5, 5.41) is 23.2. The van der Waals surface area contributed by atoms with Crippen LogP contribution in [0.25, 0.3) is 0 Å². The predicted molar refractivity (Wildman–Crippen MR) is 132 cm³/mol. The van der Waals surface area contributed by atoms with E-state index in [0.717, 1.165) is 24.8 Å². The molecule has 2 N–H and O–H groups in total. The second kappa shape index (κ2) is 14.1. The van der Waals surface area contributed by atoms with Crippen molar-refractivity contribution < 1.29 is 19.4 Å². The maximum atomic E-state index is 12.1. The first-order valence-electron chi connectivity index (χ1n) is 10.8. The second-order valence-corrected chi connectivity index (χ2v) is 8.59. The Labute approximate surface area is 207 Å². The van der Waals surface area contributed by atoms with Gasteiger partial charge in [-0.05, 0) is 63.8 Å². The van der Waals surface area contributed by atoms with Gasteiger partial charge in [-0.15, -0.1) is 12.4 Å². The molecule has 0 fully saturated rings. The normalized spacial score (nSPS) is 11.8. The molecule has 2 rings (SSSR count). The number of nitrogens with one attached hydrogen (secondary N) is 1. The number of β-amino-alcohol motifs (C(OH)–C–C–N with tert-alkyl or cyclic N) is 1. The van der Waals surface area contributed by atoms with Crippen molar-refractivity contribution in [2.75, 3.05) is 19.8 Å². The smallest absolute Gasteiger partial charge is 0.338 e. The van der Waals surface area contributed by atoms with E-state index in [9.17, 15) is 15.2 Å². The summed E-state index contributed by atoms with van der Waals surface area (Å²) in [6, 6.07) is 14.5. The maximum absolute atomic E-state index is 12.1. The molecule has 0 aliphatic carbocycles. The number of aliphatic hydroxyl groups excluding tert-OH is 1. The highest BCUT2D eigenvalue weighted by Crippen LogP contribution is 2.25. The summed E-state index contributed by atoms with van der Waals surface area (Å²) < 4.78 is 10.7. The number of nitrogens with zero attached hydrogens (tertiary/aromatic N) is 1. The number of esters is 1. The third kappa shape index (κ3) is 9.23. The van der Waals surface area contributed by atoms with Crippen molar-refractivity contribution in [1.82, 2.24) is 5.32 Å². The number of nitriles is 1. The highest BCUT2D eigenvalue weighted by Gasteiger charge is 2.20. The fourth-order valence-corrected chi connectivity index (χ4v) is 3.54. The third-order valence-electron chi connectivity index (χ3n) is 5.10. The Balaban J connectivity index is 0.00000544. The number of hydrogen-bond acceptors (Lipinski definition) is 6. The SMILES string of the molecule is CCOC(=O)c1ccccc1CCCC(C)(C)NC[C@@H](O)COc1cccc(Cl)c1C#N.Cl. The number of rotatable bonds is 12. The van der Waals surface area contributed by atoms with Gasteiger partial charge in [0.15, 0.2) is 0 Å². The van der Waals surface area contributed by atoms with Crippen molar-refractivity contribution >= 4 is 30.0 Å². The zero-order valence-corrected chi connectivity index (χ0v) is 20.8. The van der Waals surface area contributed by atoms with Crippen LogP contribution in [0.3, 0.4) is 0 Å². The van der Waals surface area contributed by atoms with Gasteiger partial charge in [0.25, 0.3) is 0 Å². The fourth-order valence-electron chi connectivity index (χ4n) is 3.33. The summed E-state index contributed by atoms with van der Waals surface area (Å²) in [5.41, 5.74) is 1.64. The van der Waals surface area contributed by atoms with Gasteiger partial charge in [-0.3, -0.25) is 0 Å². The Morgan fingerprint density at radius 2 is 1.97 bits per heavy atom. The van der Waals surface area contributed by atoms with Crippen LogP contribution in [0.1, 0.15) is 55.1 Å². The minimum Gasteiger partial charge on any atom is -0.489 e. The molecule has 8 heteroatoms. The Kier molecular flexibility index (Phi) is 12.2. The van der Waals surface area contributed by atoms with Crippen molar-refractivity contribution in [3.63, 3.8) is 0 Å². The number of benzene rings is 2. The fraction of sp³-hybridized carbons (Fsp3) is 0.440. The number of aliphatic hydroxyl groups is 1. The van der Waals surface area contributed by atoms with Crippen LogP contribution in [-0.2, 0) is 11.2 Å². The van der Waals surface area contributed by atoms with Crippen molar-refractivity contribution in [3.8, 4) is 11.8 Å². The molecule has 0 radical (unpaired) electrons. The number of ether oxygens (including phenoxy) is 2. The number of carbonyl (C=O) groups excluding carboxylic acids is 1. The molecule has 0 bridgehead atoms. The summed E-state index contributed by atoms with van der Waals surface area (Å²) in [4.78, 5) is 12.1. The van der Waals surface area contributed by atoms with Gasteiger partial charge in [-0.2, -0.15) is 5.26 Å². The number of carbonyl (C=O) groups is 1. The van der Waals surface area contributed by atoms with Gasteiger partial charge in [-0.1, -0.05) is 35.9 Å². The standard InChI is InChI=1S/C25H31ClN2O4.ClH/c1-4-31-24(30)20-11-6-5-9-18(20)10-8-14-25(2,3)28-16-19(29)17-32-23-13-7-12-22(26)21(23)15-27;/h5-7,9,11-13,19,28-29H,4,8,10,14,16-17H2,1-3H3;1H/t19-;/m1./s1. The molecule has 2 aromatic rings. The molecular formula is C25H32Cl2N2O4. The van der Waals surface area contributed by atoms with Crippen LogP contribution in [0.15, 0.2) is 42.5 Å². The largest absolute Gasteiger partial charge is 0.489 e. The van der Waals surface area contributed by atoms with E-state index in [0.29, 0.717) is 29.5 Å². The Hall–Kier alpha value is -2.30. The predicted octanol–water partition coefficient (Wildman–Crippen LogP) is 4.94. The minimum atomic E-state index is -0.746. The van der Waals surface area contributed by atoms with E-state index in [-0.39, 0.29) is 36.1 Å². The lowest BCUT2D eigenvalue weighted by Crippen LogP contribution is -2.44. The molecule has 0 amide bonds. The minimum absolute atomic E-state index is 0. The van der Waals surface area contributed by atoms with Crippen LogP contribution < -0.4 is 10.1 Å². The van der Waals surface area contributed by atoms with Crippen LogP contribution in [0.2, 0.25) is 5.02 Å². The first-order valence-corrected chi connectivity index (χ1v) is 11.1. The van der Waals surface area contributed by atoms with E-state index >= 15 is 0 Å². The van der Waals surface area contributed by atoms with Gasteiger partial charge in [0.1, 0.15) is 30.1 Å². The van der Waals surface area contributed by atoms with E-state index in [1.54, 1.807) is 31.2 Å². The molecule has 1 atom stereocenters. The van der Waals surface area contributed by atoms with E-state index in [4.69, 9.17) is 21.1 Å². The highest BCUT2D eigenvalue weighted by atomic mass is 35.5. The molecule has 180 valence electrons. The molecule has 0 aromatic heterocycles. The van der Waals surface area contributed by atoms with E-state index < -0.39 is 6.10 Å². The lowest BCUT2D eigenvalue weighted by atomic mass is 9.94. The quantitative estimate of drug-likeness (QED) is 0.406. The lowest BCUT2D eigenvalue weighted by molar-refractivity contribution is 0.0525. The van der Waals surface area contributed by atoms with E-state index in [1.807, 2.05) is 24.3 Å². The Morgan fingerprint density at radius 1 is 1.24 bits per heavy atom. The number of aryl methyl sites for hydroxylation is 1. The Morgan fingerprint density at radius 3 is 2.67 bits per heavy atom. The van der Waals surface area contributed by atoms with Crippen LogP contribution in [0.5, 0.6) is 5.75 Å². The zero-order valence-electron chi connectivity index (χ0n) is 19.3. The average Bonchev–Trinajstić information content (AvgIpc) is 2.76. The summed E-state index contributed by atoms with van der Waals surface area (Å²) in [6.45, 7) is 6.68. The molecule has 33 heavy (non-hydrogen) atoms. The average molecular weight is 495 g/mol. The van der Waals surface area contributed by atoms with Gasteiger partial charge >= 0.3 is 5.97 Å². The van der Waals surface area contributed by atoms with Crippen molar-refractivity contribution in [1.29, 1.82) is 5.26 Å². The molecule has 0 unspecified atom stereocenters. The lowest BCUT2D eigenvalue weighted by Gasteiger charge is -2.28. The van der Waals surface area contributed by atoms with Gasteiger partial charge < -0.3 is 19.9 Å². The van der Waals surface area contributed by atoms with Gasteiger partial charge in [0, 0.05) is 12.1 Å². The molecule has 0 spiro atoms. The molecule has 0 saturated heterocycles. The van der Waals surface area contributed by atoms with E-state index in [1.165, 1.54) is 0 Å². The number of halogens is 2. The van der Waals surface area contributed by atoms with E-state index in [2.05, 4.69) is 19.2 Å². The molecule has 0 aliphatic heterocycles. The first-order chi connectivity index (χ1) is 15.3. The Bertz CT molecular complexity index is 944. The van der Waals surface area contributed by atoms with Crippen molar-refractivity contribution in [3.05, 3.63) is 64.2 Å². The topological polar surface area (TPSA) is 91.6 Å². The number of hydrogen-bond donors (Lipinski definition) is 2. The molecule has 2 aromatic carbocycles.